The Kier molecular flexibility index (Phi) is 5.89. The Bertz CT molecular complexity index is 922. The van der Waals surface area contributed by atoms with Crippen LogP contribution >= 0.6 is 0 Å². The van der Waals surface area contributed by atoms with Crippen molar-refractivity contribution in [3.05, 3.63) is 48.0 Å². The third-order valence-corrected chi connectivity index (χ3v) is 5.31. The van der Waals surface area contributed by atoms with Crippen LogP contribution in [0.15, 0.2) is 35.1 Å². The number of imidazole rings is 1. The number of amides is 1. The number of rotatable bonds is 7. The maximum atomic E-state index is 12.5. The second kappa shape index (κ2) is 8.73. The van der Waals surface area contributed by atoms with Crippen LogP contribution in [0, 0.1) is 0 Å². The second-order valence-corrected chi connectivity index (χ2v) is 7.91. The lowest BCUT2D eigenvalue weighted by Gasteiger charge is -2.34. The molecule has 0 radical (unpaired) electrons. The number of pyridine rings is 1. The van der Waals surface area contributed by atoms with Gasteiger partial charge in [-0.15, -0.1) is 0 Å². The highest BCUT2D eigenvalue weighted by Crippen LogP contribution is 2.13. The SMILES string of the molecule is CC(C)c1noc(CCCC(=O)N2CCN(Cc3cn4ccccc4n3)CC2)n1. The summed E-state index contributed by atoms with van der Waals surface area (Å²) >= 11 is 0. The molecule has 29 heavy (non-hydrogen) atoms. The molecular weight excluding hydrogens is 368 g/mol. The van der Waals surface area contributed by atoms with Crippen LogP contribution < -0.4 is 0 Å². The number of aryl methyl sites for hydroxylation is 1. The molecule has 0 saturated carbocycles. The van der Waals surface area contributed by atoms with E-state index in [9.17, 15) is 4.79 Å². The molecule has 3 aromatic heterocycles. The van der Waals surface area contributed by atoms with Crippen LogP contribution in [-0.4, -0.2) is 61.4 Å². The van der Waals surface area contributed by atoms with Crippen molar-refractivity contribution in [2.45, 2.75) is 45.6 Å². The Morgan fingerprint density at radius 3 is 2.72 bits per heavy atom. The average Bonchev–Trinajstić information content (AvgIpc) is 3.35. The molecule has 8 heteroatoms. The zero-order valence-electron chi connectivity index (χ0n) is 17.1. The molecular formula is C21H28N6O2. The Labute approximate surface area is 170 Å². The minimum absolute atomic E-state index is 0.209. The van der Waals surface area contributed by atoms with Gasteiger partial charge in [0, 0.05) is 63.9 Å². The highest BCUT2D eigenvalue weighted by molar-refractivity contribution is 5.76. The summed E-state index contributed by atoms with van der Waals surface area (Å²) in [6.45, 7) is 8.18. The Hall–Kier alpha value is -2.74. The summed E-state index contributed by atoms with van der Waals surface area (Å²) in [4.78, 5) is 25.9. The lowest BCUT2D eigenvalue weighted by molar-refractivity contribution is -0.133. The van der Waals surface area contributed by atoms with Crippen molar-refractivity contribution in [1.29, 1.82) is 0 Å². The number of nitrogens with zero attached hydrogens (tertiary/aromatic N) is 6. The number of hydrogen-bond donors (Lipinski definition) is 0. The number of aromatic nitrogens is 4. The van der Waals surface area contributed by atoms with Gasteiger partial charge in [0.1, 0.15) is 5.65 Å². The van der Waals surface area contributed by atoms with Crippen LogP contribution in [0.3, 0.4) is 0 Å². The minimum Gasteiger partial charge on any atom is -0.340 e. The van der Waals surface area contributed by atoms with E-state index in [-0.39, 0.29) is 11.8 Å². The first-order valence-electron chi connectivity index (χ1n) is 10.3. The summed E-state index contributed by atoms with van der Waals surface area (Å²) in [7, 11) is 0. The Balaban J connectivity index is 1.20. The first-order chi connectivity index (χ1) is 14.1. The van der Waals surface area contributed by atoms with E-state index in [1.165, 1.54) is 0 Å². The van der Waals surface area contributed by atoms with Crippen LogP contribution in [0.1, 0.15) is 50.0 Å². The summed E-state index contributed by atoms with van der Waals surface area (Å²) in [5, 5.41) is 3.97. The topological polar surface area (TPSA) is 79.8 Å². The van der Waals surface area contributed by atoms with Crippen LogP contribution in [0.4, 0.5) is 0 Å². The summed E-state index contributed by atoms with van der Waals surface area (Å²) in [5.41, 5.74) is 2.04. The van der Waals surface area contributed by atoms with Gasteiger partial charge < -0.3 is 13.8 Å². The number of carbonyl (C=O) groups is 1. The van der Waals surface area contributed by atoms with Crippen molar-refractivity contribution in [3.8, 4) is 0 Å². The second-order valence-electron chi connectivity index (χ2n) is 7.91. The molecule has 1 aliphatic heterocycles. The quantitative estimate of drug-likeness (QED) is 0.611. The Morgan fingerprint density at radius 2 is 2.00 bits per heavy atom. The maximum Gasteiger partial charge on any atom is 0.226 e. The molecule has 154 valence electrons. The molecule has 0 atom stereocenters. The minimum atomic E-state index is 0.209. The van der Waals surface area contributed by atoms with Gasteiger partial charge in [0.05, 0.1) is 5.69 Å². The molecule has 0 aliphatic carbocycles. The Morgan fingerprint density at radius 1 is 1.17 bits per heavy atom. The van der Waals surface area contributed by atoms with E-state index < -0.39 is 0 Å². The van der Waals surface area contributed by atoms with Crippen molar-refractivity contribution < 1.29 is 9.32 Å². The molecule has 0 aromatic carbocycles. The van der Waals surface area contributed by atoms with Gasteiger partial charge in [-0.3, -0.25) is 9.69 Å². The normalized spacial score (nSPS) is 15.5. The van der Waals surface area contributed by atoms with E-state index >= 15 is 0 Å². The van der Waals surface area contributed by atoms with E-state index in [2.05, 4.69) is 26.2 Å². The van der Waals surface area contributed by atoms with Gasteiger partial charge in [0.2, 0.25) is 11.8 Å². The van der Waals surface area contributed by atoms with Crippen molar-refractivity contribution in [3.63, 3.8) is 0 Å². The van der Waals surface area contributed by atoms with Gasteiger partial charge in [-0.2, -0.15) is 4.98 Å². The highest BCUT2D eigenvalue weighted by atomic mass is 16.5. The average molecular weight is 396 g/mol. The fraction of sp³-hybridized carbons (Fsp3) is 0.524. The van der Waals surface area contributed by atoms with Crippen LogP contribution in [0.25, 0.3) is 5.65 Å². The van der Waals surface area contributed by atoms with E-state index in [0.29, 0.717) is 18.7 Å². The van der Waals surface area contributed by atoms with Crippen LogP contribution in [0.2, 0.25) is 0 Å². The number of hydrogen-bond acceptors (Lipinski definition) is 6. The van der Waals surface area contributed by atoms with Gasteiger partial charge in [-0.05, 0) is 18.6 Å². The van der Waals surface area contributed by atoms with Crippen molar-refractivity contribution in [2.75, 3.05) is 26.2 Å². The molecule has 3 aromatic rings. The largest absolute Gasteiger partial charge is 0.340 e. The number of carbonyl (C=O) groups excluding carboxylic acids is 1. The lowest BCUT2D eigenvalue weighted by atomic mass is 10.2. The standard InChI is InChI=1S/C21H28N6O2/c1-16(2)21-23-19(29-24-21)7-5-8-20(28)26-12-10-25(11-13-26)14-17-15-27-9-4-3-6-18(27)22-17/h3-4,6,9,15-16H,5,7-8,10-14H2,1-2H3. The molecule has 0 spiro atoms. The fourth-order valence-electron chi connectivity index (χ4n) is 3.60. The molecule has 1 amide bonds. The van der Waals surface area contributed by atoms with Gasteiger partial charge in [-0.1, -0.05) is 25.1 Å². The lowest BCUT2D eigenvalue weighted by Crippen LogP contribution is -2.48. The summed E-state index contributed by atoms with van der Waals surface area (Å²) < 4.78 is 7.29. The molecule has 8 nitrogen and oxygen atoms in total. The molecule has 1 saturated heterocycles. The molecule has 0 bridgehead atoms. The first-order valence-corrected chi connectivity index (χ1v) is 10.3. The van der Waals surface area contributed by atoms with Gasteiger partial charge in [-0.25, -0.2) is 4.98 Å². The van der Waals surface area contributed by atoms with E-state index in [0.717, 1.165) is 56.3 Å². The maximum absolute atomic E-state index is 12.5. The van der Waals surface area contributed by atoms with Crippen molar-refractivity contribution in [1.82, 2.24) is 29.3 Å². The predicted octanol–water partition coefficient (Wildman–Crippen LogP) is 2.51. The fourth-order valence-corrected chi connectivity index (χ4v) is 3.60. The van der Waals surface area contributed by atoms with Gasteiger partial charge in [0.15, 0.2) is 5.82 Å². The monoisotopic (exact) mass is 396 g/mol. The van der Waals surface area contributed by atoms with Crippen molar-refractivity contribution >= 4 is 11.6 Å². The zero-order valence-corrected chi connectivity index (χ0v) is 17.1. The number of fused-ring (bicyclic) bond motifs is 1. The molecule has 4 rings (SSSR count). The van der Waals surface area contributed by atoms with E-state index in [4.69, 9.17) is 4.52 Å². The van der Waals surface area contributed by atoms with Gasteiger partial charge in [0.25, 0.3) is 0 Å². The molecule has 0 unspecified atom stereocenters. The summed E-state index contributed by atoms with van der Waals surface area (Å²) in [6, 6.07) is 6.01. The smallest absolute Gasteiger partial charge is 0.226 e. The molecule has 1 fully saturated rings. The third kappa shape index (κ3) is 4.82. The third-order valence-electron chi connectivity index (χ3n) is 5.31. The zero-order chi connectivity index (χ0) is 20.2. The van der Waals surface area contributed by atoms with E-state index in [1.54, 1.807) is 0 Å². The van der Waals surface area contributed by atoms with Crippen molar-refractivity contribution in [2.24, 2.45) is 0 Å². The van der Waals surface area contributed by atoms with Crippen LogP contribution in [-0.2, 0) is 17.8 Å². The molecule has 4 heterocycles. The summed E-state index contributed by atoms with van der Waals surface area (Å²) in [5.74, 6) is 1.82. The first kappa shape index (κ1) is 19.6. The van der Waals surface area contributed by atoms with Crippen LogP contribution in [0.5, 0.6) is 0 Å². The van der Waals surface area contributed by atoms with Gasteiger partial charge >= 0.3 is 0 Å². The molecule has 0 N–H and O–H groups in total. The van der Waals surface area contributed by atoms with E-state index in [1.807, 2.05) is 47.5 Å². The highest BCUT2D eigenvalue weighted by Gasteiger charge is 2.21. The molecule has 1 aliphatic rings. The predicted molar refractivity (Wildman–Crippen MR) is 108 cm³/mol. The summed E-state index contributed by atoms with van der Waals surface area (Å²) in [6.07, 6.45) is 6.00. The number of piperazine rings is 1.